The molecule has 0 saturated carbocycles. The molecule has 1 heterocycles. The summed E-state index contributed by atoms with van der Waals surface area (Å²) in [6.07, 6.45) is 1.35. The normalized spacial score (nSPS) is 10.3. The zero-order valence-electron chi connectivity index (χ0n) is 12.7. The zero-order valence-corrected chi connectivity index (χ0v) is 13.6. The topological polar surface area (TPSA) is 97.1 Å². The molecule has 0 radical (unpaired) electrons. The Bertz CT molecular complexity index is 645. The Kier molecular flexibility index (Phi) is 6.61. The number of carbonyl (C=O) groups excluding carboxylic acids is 2. The Morgan fingerprint density at radius 2 is 2.00 bits per heavy atom. The Labute approximate surface area is 138 Å². The minimum Gasteiger partial charge on any atom is -0.416 e. The summed E-state index contributed by atoms with van der Waals surface area (Å²) >= 11 is 1.09. The lowest BCUT2D eigenvalue weighted by atomic mass is 10.2. The minimum atomic E-state index is -0.493. The standard InChI is InChI=1S/C15H18N4O3S/c1-2-8-16-14(21)17-12(20)10-23-15-19-18-13(22-15)9-11-6-4-3-5-7-11/h3-7H,2,8-10H2,1H3,(H2,16,17,20,21). The number of nitrogens with zero attached hydrogens (tertiary/aromatic N) is 2. The van der Waals surface area contributed by atoms with Crippen molar-refractivity contribution in [2.75, 3.05) is 12.3 Å². The molecule has 8 heteroatoms. The quantitative estimate of drug-likeness (QED) is 0.752. The van der Waals surface area contributed by atoms with Gasteiger partial charge in [0.2, 0.25) is 11.8 Å². The summed E-state index contributed by atoms with van der Waals surface area (Å²) in [7, 11) is 0. The Morgan fingerprint density at radius 3 is 2.74 bits per heavy atom. The first-order valence-corrected chi connectivity index (χ1v) is 8.22. The van der Waals surface area contributed by atoms with E-state index in [1.165, 1.54) is 0 Å². The number of amides is 3. The minimum absolute atomic E-state index is 0.0342. The van der Waals surface area contributed by atoms with Gasteiger partial charge in [0.25, 0.3) is 5.22 Å². The first-order valence-electron chi connectivity index (χ1n) is 7.24. The zero-order chi connectivity index (χ0) is 16.5. The van der Waals surface area contributed by atoms with Gasteiger partial charge in [-0.1, -0.05) is 49.0 Å². The highest BCUT2D eigenvalue weighted by Gasteiger charge is 2.12. The van der Waals surface area contributed by atoms with Crippen LogP contribution in [0.2, 0.25) is 0 Å². The van der Waals surface area contributed by atoms with Gasteiger partial charge in [-0.3, -0.25) is 10.1 Å². The number of nitrogens with one attached hydrogen (secondary N) is 2. The lowest BCUT2D eigenvalue weighted by molar-refractivity contribution is -0.117. The van der Waals surface area contributed by atoms with Crippen LogP contribution >= 0.6 is 11.8 Å². The molecule has 0 fully saturated rings. The van der Waals surface area contributed by atoms with Crippen LogP contribution in [0.4, 0.5) is 4.79 Å². The maximum absolute atomic E-state index is 11.6. The molecule has 3 amide bonds. The Morgan fingerprint density at radius 1 is 1.22 bits per heavy atom. The van der Waals surface area contributed by atoms with Crippen LogP contribution in [0.1, 0.15) is 24.8 Å². The van der Waals surface area contributed by atoms with Gasteiger partial charge in [-0.2, -0.15) is 0 Å². The molecule has 0 bridgehead atoms. The van der Waals surface area contributed by atoms with Gasteiger partial charge in [-0.25, -0.2) is 4.79 Å². The van der Waals surface area contributed by atoms with E-state index in [-0.39, 0.29) is 5.75 Å². The lowest BCUT2D eigenvalue weighted by Gasteiger charge is -2.04. The predicted octanol–water partition coefficient (Wildman–Crippen LogP) is 1.99. The fraction of sp³-hybridized carbons (Fsp3) is 0.333. The van der Waals surface area contributed by atoms with Crippen molar-refractivity contribution in [1.29, 1.82) is 0 Å². The first-order chi connectivity index (χ1) is 11.2. The molecular weight excluding hydrogens is 316 g/mol. The third-order valence-corrected chi connectivity index (χ3v) is 3.58. The van der Waals surface area contributed by atoms with Crippen LogP contribution in [0, 0.1) is 0 Å². The van der Waals surface area contributed by atoms with Crippen molar-refractivity contribution in [2.24, 2.45) is 0 Å². The predicted molar refractivity (Wildman–Crippen MR) is 86.1 cm³/mol. The molecule has 2 aromatic rings. The highest BCUT2D eigenvalue weighted by atomic mass is 32.2. The van der Waals surface area contributed by atoms with Gasteiger partial charge < -0.3 is 9.73 Å². The van der Waals surface area contributed by atoms with Crippen LogP contribution in [0.3, 0.4) is 0 Å². The van der Waals surface area contributed by atoms with Crippen molar-refractivity contribution in [1.82, 2.24) is 20.8 Å². The lowest BCUT2D eigenvalue weighted by Crippen LogP contribution is -2.40. The van der Waals surface area contributed by atoms with Crippen molar-refractivity contribution >= 4 is 23.7 Å². The molecule has 0 atom stereocenters. The van der Waals surface area contributed by atoms with E-state index in [9.17, 15) is 9.59 Å². The molecule has 122 valence electrons. The number of hydrogen-bond donors (Lipinski definition) is 2. The van der Waals surface area contributed by atoms with Crippen LogP contribution in [-0.2, 0) is 11.2 Å². The molecule has 0 saturated heterocycles. The molecule has 7 nitrogen and oxygen atoms in total. The first kappa shape index (κ1) is 17.0. The largest absolute Gasteiger partial charge is 0.416 e. The summed E-state index contributed by atoms with van der Waals surface area (Å²) < 4.78 is 5.47. The summed E-state index contributed by atoms with van der Waals surface area (Å²) in [6, 6.07) is 9.27. The smallest absolute Gasteiger partial charge is 0.321 e. The second-order valence-corrected chi connectivity index (χ2v) is 5.64. The van der Waals surface area contributed by atoms with Crippen molar-refractivity contribution in [3.63, 3.8) is 0 Å². The maximum atomic E-state index is 11.6. The highest BCUT2D eigenvalue weighted by Crippen LogP contribution is 2.17. The van der Waals surface area contributed by atoms with Gasteiger partial charge in [0.1, 0.15) is 0 Å². The van der Waals surface area contributed by atoms with Crippen molar-refractivity contribution in [2.45, 2.75) is 25.0 Å². The number of carbonyl (C=O) groups is 2. The van der Waals surface area contributed by atoms with Crippen LogP contribution < -0.4 is 10.6 Å². The number of urea groups is 1. The van der Waals surface area contributed by atoms with Gasteiger partial charge in [-0.05, 0) is 12.0 Å². The van der Waals surface area contributed by atoms with Crippen molar-refractivity contribution in [3.8, 4) is 0 Å². The molecular formula is C15H18N4O3S. The van der Waals surface area contributed by atoms with Gasteiger partial charge >= 0.3 is 6.03 Å². The average molecular weight is 334 g/mol. The van der Waals surface area contributed by atoms with Crippen molar-refractivity contribution < 1.29 is 14.0 Å². The van der Waals surface area contributed by atoms with Gasteiger partial charge in [0.15, 0.2) is 0 Å². The number of rotatable bonds is 7. The molecule has 0 unspecified atom stereocenters. The summed E-state index contributed by atoms with van der Waals surface area (Å²) in [6.45, 7) is 2.46. The van der Waals surface area contributed by atoms with E-state index in [0.717, 1.165) is 23.7 Å². The van der Waals surface area contributed by atoms with Crippen LogP contribution in [0.15, 0.2) is 40.0 Å². The third-order valence-electron chi connectivity index (χ3n) is 2.76. The van der Waals surface area contributed by atoms with E-state index in [4.69, 9.17) is 4.42 Å². The van der Waals surface area contributed by atoms with Gasteiger partial charge in [0.05, 0.1) is 12.2 Å². The van der Waals surface area contributed by atoms with E-state index in [0.29, 0.717) is 24.1 Å². The van der Waals surface area contributed by atoms with Crippen molar-refractivity contribution in [3.05, 3.63) is 41.8 Å². The summed E-state index contributed by atoms with van der Waals surface area (Å²) in [5.74, 6) is 0.109. The Balaban J connectivity index is 1.76. The van der Waals surface area contributed by atoms with Crippen LogP contribution in [0.25, 0.3) is 0 Å². The van der Waals surface area contributed by atoms with E-state index < -0.39 is 11.9 Å². The van der Waals surface area contributed by atoms with Gasteiger partial charge in [0, 0.05) is 6.54 Å². The van der Waals surface area contributed by atoms with E-state index in [2.05, 4.69) is 20.8 Å². The summed E-state index contributed by atoms with van der Waals surface area (Å²) in [5.41, 5.74) is 1.07. The van der Waals surface area contributed by atoms with Crippen LogP contribution in [-0.4, -0.2) is 34.4 Å². The number of benzene rings is 1. The molecule has 1 aromatic heterocycles. The fourth-order valence-corrected chi connectivity index (χ4v) is 2.29. The number of aromatic nitrogens is 2. The molecule has 0 aliphatic rings. The SMILES string of the molecule is CCCNC(=O)NC(=O)CSc1nnc(Cc2ccccc2)o1. The monoisotopic (exact) mass is 334 g/mol. The number of hydrogen-bond acceptors (Lipinski definition) is 6. The second-order valence-electron chi connectivity index (χ2n) is 4.72. The molecule has 2 N–H and O–H groups in total. The molecule has 23 heavy (non-hydrogen) atoms. The maximum Gasteiger partial charge on any atom is 0.321 e. The summed E-state index contributed by atoms with van der Waals surface area (Å²) in [5, 5.41) is 12.9. The third kappa shape index (κ3) is 6.11. The molecule has 0 aliphatic heterocycles. The molecule has 0 aliphatic carbocycles. The molecule has 1 aromatic carbocycles. The van der Waals surface area contributed by atoms with E-state index in [1.54, 1.807) is 0 Å². The molecule has 0 spiro atoms. The highest BCUT2D eigenvalue weighted by molar-refractivity contribution is 7.99. The summed E-state index contributed by atoms with van der Waals surface area (Å²) in [4.78, 5) is 22.9. The second kappa shape index (κ2) is 8.94. The van der Waals surface area contributed by atoms with E-state index >= 15 is 0 Å². The fourth-order valence-electron chi connectivity index (χ4n) is 1.71. The van der Waals surface area contributed by atoms with Crippen LogP contribution in [0.5, 0.6) is 0 Å². The van der Waals surface area contributed by atoms with E-state index in [1.807, 2.05) is 37.3 Å². The average Bonchev–Trinajstić information content (AvgIpc) is 2.99. The number of thioether (sulfide) groups is 1. The Hall–Kier alpha value is -2.35. The molecule has 2 rings (SSSR count). The van der Waals surface area contributed by atoms with Gasteiger partial charge in [-0.15, -0.1) is 10.2 Å². The number of imide groups is 1.